The zero-order valence-corrected chi connectivity index (χ0v) is 14.7. The average molecular weight is 352 g/mol. The van der Waals surface area contributed by atoms with E-state index < -0.39 is 0 Å². The van der Waals surface area contributed by atoms with Gasteiger partial charge in [0.25, 0.3) is 0 Å². The van der Waals surface area contributed by atoms with E-state index in [1.54, 1.807) is 6.21 Å². The highest BCUT2D eigenvalue weighted by atomic mass is 32.2. The molecule has 2 rings (SSSR count). The monoisotopic (exact) mass is 352 g/mol. The van der Waals surface area contributed by atoms with Crippen LogP contribution in [0.4, 0.5) is 0 Å². The Morgan fingerprint density at radius 1 is 1.20 bits per heavy atom. The third-order valence-electron chi connectivity index (χ3n) is 3.15. The van der Waals surface area contributed by atoms with Crippen molar-refractivity contribution in [2.45, 2.75) is 18.6 Å². The molecular formula is C19H20N4OS. The third-order valence-corrected chi connectivity index (χ3v) is 4.01. The minimum absolute atomic E-state index is 0.420. The maximum Gasteiger partial charge on any atom is 0.180 e. The van der Waals surface area contributed by atoms with E-state index >= 15 is 0 Å². The Hall–Kier alpha value is -2.78. The first-order chi connectivity index (χ1) is 12.3. The summed E-state index contributed by atoms with van der Waals surface area (Å²) < 4.78 is 5.59. The topological polar surface area (TPSA) is 83.8 Å². The second-order valence-electron chi connectivity index (χ2n) is 5.14. The lowest BCUT2D eigenvalue weighted by Gasteiger charge is -2.04. The van der Waals surface area contributed by atoms with Gasteiger partial charge in [0.15, 0.2) is 5.17 Å². The smallest absolute Gasteiger partial charge is 0.180 e. The van der Waals surface area contributed by atoms with Crippen LogP contribution in [0.2, 0.25) is 0 Å². The van der Waals surface area contributed by atoms with Gasteiger partial charge < -0.3 is 10.5 Å². The minimum Gasteiger partial charge on any atom is -0.494 e. The Morgan fingerprint density at radius 2 is 2.04 bits per heavy atom. The van der Waals surface area contributed by atoms with Gasteiger partial charge in [-0.25, -0.2) is 0 Å². The molecule has 2 N–H and O–H groups in total. The summed E-state index contributed by atoms with van der Waals surface area (Å²) in [5, 5.41) is 16.9. The number of unbranched alkanes of at least 4 members (excludes halogenated alkanes) is 1. The van der Waals surface area contributed by atoms with Crippen LogP contribution >= 0.6 is 11.8 Å². The molecule has 0 amide bonds. The molecule has 0 fully saturated rings. The molecule has 0 spiro atoms. The summed E-state index contributed by atoms with van der Waals surface area (Å²) in [5.41, 5.74) is 7.93. The zero-order chi connectivity index (χ0) is 17.7. The fourth-order valence-electron chi connectivity index (χ4n) is 1.94. The van der Waals surface area contributed by atoms with Crippen molar-refractivity contribution in [1.82, 2.24) is 0 Å². The normalized spacial score (nSPS) is 11.4. The van der Waals surface area contributed by atoms with Crippen LogP contribution in [0.25, 0.3) is 0 Å². The van der Waals surface area contributed by atoms with Crippen LogP contribution in [-0.2, 0) is 5.75 Å². The molecule has 2 aromatic carbocycles. The maximum atomic E-state index is 8.51. The van der Waals surface area contributed by atoms with Crippen LogP contribution in [0.3, 0.4) is 0 Å². The van der Waals surface area contributed by atoms with Gasteiger partial charge in [-0.2, -0.15) is 10.4 Å². The molecule has 2 aromatic rings. The third kappa shape index (κ3) is 7.55. The van der Waals surface area contributed by atoms with E-state index in [1.165, 1.54) is 17.3 Å². The summed E-state index contributed by atoms with van der Waals surface area (Å²) in [4.78, 5) is 0. The second kappa shape index (κ2) is 10.9. The highest BCUT2D eigenvalue weighted by Gasteiger charge is 1.97. The van der Waals surface area contributed by atoms with Crippen molar-refractivity contribution in [1.29, 1.82) is 5.26 Å². The number of hydrogen-bond acceptors (Lipinski definition) is 5. The number of amidine groups is 1. The number of thioether (sulfide) groups is 1. The molecule has 25 heavy (non-hydrogen) atoms. The lowest BCUT2D eigenvalue weighted by Crippen LogP contribution is -2.06. The summed E-state index contributed by atoms with van der Waals surface area (Å²) in [7, 11) is 0. The van der Waals surface area contributed by atoms with Crippen LogP contribution < -0.4 is 10.5 Å². The number of nitrogens with zero attached hydrogens (tertiary/aromatic N) is 3. The molecule has 0 heterocycles. The summed E-state index contributed by atoms with van der Waals surface area (Å²) in [6, 6.07) is 19.7. The molecule has 128 valence electrons. The molecule has 0 saturated carbocycles. The molecule has 0 aliphatic rings. The number of ether oxygens (including phenoxy) is 1. The summed E-state index contributed by atoms with van der Waals surface area (Å²) in [5.74, 6) is 1.51. The zero-order valence-electron chi connectivity index (χ0n) is 13.8. The molecule has 6 heteroatoms. The van der Waals surface area contributed by atoms with Gasteiger partial charge in [0, 0.05) is 12.2 Å². The van der Waals surface area contributed by atoms with Gasteiger partial charge in [-0.3, -0.25) is 0 Å². The van der Waals surface area contributed by atoms with Gasteiger partial charge in [0.2, 0.25) is 0 Å². The molecule has 0 atom stereocenters. The first kappa shape index (κ1) is 18.6. The lowest BCUT2D eigenvalue weighted by atomic mass is 10.2. The SMILES string of the molecule is N#CCCCOc1cccc(C=NN=C(N)SCc2ccccc2)c1. The minimum atomic E-state index is 0.420. The van der Waals surface area contributed by atoms with Crippen molar-refractivity contribution < 1.29 is 4.74 Å². The van der Waals surface area contributed by atoms with Gasteiger partial charge in [0.05, 0.1) is 18.9 Å². The van der Waals surface area contributed by atoms with Crippen molar-refractivity contribution in [2.75, 3.05) is 6.61 Å². The summed E-state index contributed by atoms with van der Waals surface area (Å²) >= 11 is 1.45. The van der Waals surface area contributed by atoms with Crippen LogP contribution in [0.15, 0.2) is 64.8 Å². The van der Waals surface area contributed by atoms with Crippen molar-refractivity contribution in [3.8, 4) is 11.8 Å². The quantitative estimate of drug-likeness (QED) is 0.337. The average Bonchev–Trinajstić information content (AvgIpc) is 2.65. The Balaban J connectivity index is 1.82. The standard InChI is InChI=1S/C19H20N4OS/c20-11-4-5-12-24-18-10-6-9-17(13-18)14-22-23-19(21)25-15-16-7-2-1-3-8-16/h1-3,6-10,13-14H,4-5,12,15H2,(H2,21,23). The van der Waals surface area contributed by atoms with E-state index in [0.29, 0.717) is 24.6 Å². The summed E-state index contributed by atoms with van der Waals surface area (Å²) in [6.07, 6.45) is 2.85. The van der Waals surface area contributed by atoms with Gasteiger partial charge in [-0.15, -0.1) is 5.10 Å². The van der Waals surface area contributed by atoms with Crippen LogP contribution in [0, 0.1) is 11.3 Å². The predicted octanol–water partition coefficient (Wildman–Crippen LogP) is 3.95. The van der Waals surface area contributed by atoms with Crippen molar-refractivity contribution in [3.05, 3.63) is 65.7 Å². The fraction of sp³-hybridized carbons (Fsp3) is 0.211. The van der Waals surface area contributed by atoms with Crippen LogP contribution in [-0.4, -0.2) is 18.0 Å². The largest absolute Gasteiger partial charge is 0.494 e. The predicted molar refractivity (Wildman–Crippen MR) is 104 cm³/mol. The Kier molecular flexibility index (Phi) is 8.09. The highest BCUT2D eigenvalue weighted by Crippen LogP contribution is 2.13. The van der Waals surface area contributed by atoms with E-state index in [0.717, 1.165) is 17.1 Å². The Morgan fingerprint density at radius 3 is 2.84 bits per heavy atom. The second-order valence-corrected chi connectivity index (χ2v) is 6.14. The summed E-state index contributed by atoms with van der Waals surface area (Å²) in [6.45, 7) is 0.523. The lowest BCUT2D eigenvalue weighted by molar-refractivity contribution is 0.312. The highest BCUT2D eigenvalue weighted by molar-refractivity contribution is 8.13. The maximum absolute atomic E-state index is 8.51. The Bertz CT molecular complexity index is 754. The van der Waals surface area contributed by atoms with E-state index in [2.05, 4.69) is 16.3 Å². The Labute approximate surface area is 152 Å². The molecule has 0 aliphatic carbocycles. The number of nitrogens with two attached hydrogens (primary N) is 1. The molecule has 0 saturated heterocycles. The first-order valence-electron chi connectivity index (χ1n) is 7.91. The van der Waals surface area contributed by atoms with E-state index in [4.69, 9.17) is 15.7 Å². The van der Waals surface area contributed by atoms with Crippen molar-refractivity contribution in [2.24, 2.45) is 15.9 Å². The number of hydrogen-bond donors (Lipinski definition) is 1. The molecule has 5 nitrogen and oxygen atoms in total. The molecular weight excluding hydrogens is 332 g/mol. The van der Waals surface area contributed by atoms with Crippen LogP contribution in [0.5, 0.6) is 5.75 Å². The molecule has 0 unspecified atom stereocenters. The van der Waals surface area contributed by atoms with Crippen molar-refractivity contribution in [3.63, 3.8) is 0 Å². The van der Waals surface area contributed by atoms with Gasteiger partial charge in [-0.05, 0) is 29.7 Å². The molecule has 0 aliphatic heterocycles. The van der Waals surface area contributed by atoms with E-state index in [9.17, 15) is 0 Å². The number of rotatable bonds is 8. The molecule has 0 aromatic heterocycles. The van der Waals surface area contributed by atoms with Gasteiger partial charge in [-0.1, -0.05) is 54.2 Å². The molecule has 0 bridgehead atoms. The molecule has 0 radical (unpaired) electrons. The van der Waals surface area contributed by atoms with Gasteiger partial charge >= 0.3 is 0 Å². The first-order valence-corrected chi connectivity index (χ1v) is 8.89. The number of nitriles is 1. The number of benzene rings is 2. The van der Waals surface area contributed by atoms with E-state index in [1.807, 2.05) is 54.6 Å². The van der Waals surface area contributed by atoms with Gasteiger partial charge in [0.1, 0.15) is 5.75 Å². The van der Waals surface area contributed by atoms with Crippen LogP contribution in [0.1, 0.15) is 24.0 Å². The van der Waals surface area contributed by atoms with E-state index in [-0.39, 0.29) is 0 Å². The van der Waals surface area contributed by atoms with Crippen molar-refractivity contribution >= 4 is 23.1 Å². The fourth-order valence-corrected chi connectivity index (χ4v) is 2.55.